The minimum absolute atomic E-state index is 0.0635. The zero-order chi connectivity index (χ0) is 10.4. The van der Waals surface area contributed by atoms with E-state index in [0.29, 0.717) is 0 Å². The first-order chi connectivity index (χ1) is 6.64. The summed E-state index contributed by atoms with van der Waals surface area (Å²) >= 11 is 0. The quantitative estimate of drug-likeness (QED) is 0.708. The van der Waals surface area contributed by atoms with Crippen LogP contribution in [0.1, 0.15) is 5.56 Å². The summed E-state index contributed by atoms with van der Waals surface area (Å²) in [4.78, 5) is 0. The molecule has 0 aliphatic heterocycles. The van der Waals surface area contributed by atoms with E-state index in [-0.39, 0.29) is 5.75 Å². The molecule has 0 amide bonds. The highest BCUT2D eigenvalue weighted by Crippen LogP contribution is 2.06. The second-order valence-corrected chi connectivity index (χ2v) is 4.61. The van der Waals surface area contributed by atoms with Crippen molar-refractivity contribution in [3.05, 3.63) is 47.4 Å². The predicted octanol–water partition coefficient (Wildman–Crippen LogP) is 1.64. The Morgan fingerprint density at radius 2 is 1.93 bits per heavy atom. The summed E-state index contributed by atoms with van der Waals surface area (Å²) in [5.41, 5.74) is 0.718. The fraction of sp³-hybridized carbons (Fsp3) is 0.100. The highest BCUT2D eigenvalue weighted by molar-refractivity contribution is 7.93. The van der Waals surface area contributed by atoms with Crippen LogP contribution in [0, 0.1) is 11.3 Å². The number of sulfone groups is 1. The van der Waals surface area contributed by atoms with Crippen molar-refractivity contribution < 1.29 is 8.42 Å². The number of allylic oxidation sites excluding steroid dienone is 1. The molecule has 1 rings (SSSR count). The van der Waals surface area contributed by atoms with Gasteiger partial charge in [-0.25, -0.2) is 8.42 Å². The van der Waals surface area contributed by atoms with Crippen LogP contribution in [0.15, 0.2) is 41.8 Å². The maximum absolute atomic E-state index is 11.3. The Bertz CT molecular complexity index is 455. The summed E-state index contributed by atoms with van der Waals surface area (Å²) in [6, 6.07) is 10.5. The van der Waals surface area contributed by atoms with Crippen LogP contribution < -0.4 is 0 Å². The van der Waals surface area contributed by atoms with Gasteiger partial charge in [-0.05, 0) is 5.56 Å². The SMILES string of the molecule is N#CC=CS(=O)(=O)Cc1ccccc1. The summed E-state index contributed by atoms with van der Waals surface area (Å²) in [6.07, 6.45) is 0.971. The molecule has 0 saturated carbocycles. The molecule has 0 saturated heterocycles. The van der Waals surface area contributed by atoms with Gasteiger partial charge in [-0.15, -0.1) is 0 Å². The smallest absolute Gasteiger partial charge is 0.176 e. The molecule has 4 heteroatoms. The molecule has 3 nitrogen and oxygen atoms in total. The Labute approximate surface area is 83.2 Å². The third kappa shape index (κ3) is 3.42. The molecular formula is C10H9NO2S. The van der Waals surface area contributed by atoms with E-state index in [1.165, 1.54) is 0 Å². The van der Waals surface area contributed by atoms with Gasteiger partial charge in [0.1, 0.15) is 0 Å². The van der Waals surface area contributed by atoms with Gasteiger partial charge < -0.3 is 0 Å². The number of nitriles is 1. The first kappa shape index (κ1) is 10.5. The summed E-state index contributed by atoms with van der Waals surface area (Å²) in [5, 5.41) is 9.12. The summed E-state index contributed by atoms with van der Waals surface area (Å²) in [6.45, 7) is 0. The van der Waals surface area contributed by atoms with Crippen molar-refractivity contribution in [2.45, 2.75) is 5.75 Å². The molecule has 1 aromatic rings. The summed E-state index contributed by atoms with van der Waals surface area (Å²) in [7, 11) is -3.30. The zero-order valence-electron chi connectivity index (χ0n) is 7.42. The average molecular weight is 207 g/mol. The van der Waals surface area contributed by atoms with Gasteiger partial charge in [0, 0.05) is 11.5 Å². The largest absolute Gasteiger partial charge is 0.224 e. The molecule has 0 unspecified atom stereocenters. The molecule has 14 heavy (non-hydrogen) atoms. The van der Waals surface area contributed by atoms with E-state index in [0.717, 1.165) is 17.0 Å². The minimum Gasteiger partial charge on any atom is -0.224 e. The van der Waals surface area contributed by atoms with Crippen LogP contribution in [0.5, 0.6) is 0 Å². The molecular weight excluding hydrogens is 198 g/mol. The second kappa shape index (κ2) is 4.58. The van der Waals surface area contributed by atoms with E-state index in [1.54, 1.807) is 30.3 Å². The molecule has 0 spiro atoms. The first-order valence-corrected chi connectivity index (χ1v) is 5.68. The van der Waals surface area contributed by atoms with E-state index in [1.807, 2.05) is 6.07 Å². The van der Waals surface area contributed by atoms with E-state index in [2.05, 4.69) is 0 Å². The van der Waals surface area contributed by atoms with Gasteiger partial charge in [-0.2, -0.15) is 5.26 Å². The fourth-order valence-corrected chi connectivity index (χ4v) is 2.01. The Hall–Kier alpha value is -1.60. The predicted molar refractivity (Wildman–Crippen MR) is 53.8 cm³/mol. The van der Waals surface area contributed by atoms with Crippen LogP contribution in [0.4, 0.5) is 0 Å². The van der Waals surface area contributed by atoms with Crippen molar-refractivity contribution in [1.29, 1.82) is 5.26 Å². The Morgan fingerprint density at radius 1 is 1.29 bits per heavy atom. The second-order valence-electron chi connectivity index (χ2n) is 2.72. The summed E-state index contributed by atoms with van der Waals surface area (Å²) < 4.78 is 22.6. The number of rotatable bonds is 3. The van der Waals surface area contributed by atoms with Crippen LogP contribution >= 0.6 is 0 Å². The van der Waals surface area contributed by atoms with Crippen molar-refractivity contribution in [1.82, 2.24) is 0 Å². The van der Waals surface area contributed by atoms with E-state index in [4.69, 9.17) is 5.26 Å². The van der Waals surface area contributed by atoms with Crippen molar-refractivity contribution in [2.24, 2.45) is 0 Å². The fourth-order valence-electron chi connectivity index (χ4n) is 0.989. The maximum atomic E-state index is 11.3. The van der Waals surface area contributed by atoms with Gasteiger partial charge in [0.15, 0.2) is 9.84 Å². The molecule has 72 valence electrons. The van der Waals surface area contributed by atoms with E-state index >= 15 is 0 Å². The molecule has 0 aromatic heterocycles. The molecule has 0 radical (unpaired) electrons. The molecule has 0 fully saturated rings. The molecule has 0 aliphatic rings. The number of nitrogens with zero attached hydrogens (tertiary/aromatic N) is 1. The number of hydrogen-bond acceptors (Lipinski definition) is 3. The lowest BCUT2D eigenvalue weighted by Crippen LogP contribution is -1.99. The van der Waals surface area contributed by atoms with Crippen molar-refractivity contribution in [3.63, 3.8) is 0 Å². The average Bonchev–Trinajstić information content (AvgIpc) is 2.16. The molecule has 0 N–H and O–H groups in total. The Kier molecular flexibility index (Phi) is 3.43. The van der Waals surface area contributed by atoms with Gasteiger partial charge >= 0.3 is 0 Å². The lowest BCUT2D eigenvalue weighted by atomic mass is 10.2. The molecule has 0 aliphatic carbocycles. The monoisotopic (exact) mass is 207 g/mol. The first-order valence-electron chi connectivity index (χ1n) is 3.97. The lowest BCUT2D eigenvalue weighted by Gasteiger charge is -1.97. The van der Waals surface area contributed by atoms with Gasteiger partial charge in [-0.3, -0.25) is 0 Å². The van der Waals surface area contributed by atoms with Crippen molar-refractivity contribution in [3.8, 4) is 6.07 Å². The minimum atomic E-state index is -3.30. The Morgan fingerprint density at radius 3 is 2.50 bits per heavy atom. The zero-order valence-corrected chi connectivity index (χ0v) is 8.24. The van der Waals surface area contributed by atoms with Crippen LogP contribution in [0.2, 0.25) is 0 Å². The van der Waals surface area contributed by atoms with E-state index in [9.17, 15) is 8.42 Å². The normalized spacial score (nSPS) is 11.4. The van der Waals surface area contributed by atoms with Crippen LogP contribution in [0.25, 0.3) is 0 Å². The van der Waals surface area contributed by atoms with Crippen molar-refractivity contribution >= 4 is 9.84 Å². The van der Waals surface area contributed by atoms with Gasteiger partial charge in [-0.1, -0.05) is 30.3 Å². The van der Waals surface area contributed by atoms with Gasteiger partial charge in [0.2, 0.25) is 0 Å². The molecule has 0 heterocycles. The van der Waals surface area contributed by atoms with Crippen molar-refractivity contribution in [2.75, 3.05) is 0 Å². The van der Waals surface area contributed by atoms with Crippen LogP contribution in [-0.2, 0) is 15.6 Å². The highest BCUT2D eigenvalue weighted by Gasteiger charge is 2.06. The molecule has 0 atom stereocenters. The number of hydrogen-bond donors (Lipinski definition) is 0. The summed E-state index contributed by atoms with van der Waals surface area (Å²) in [5.74, 6) is -0.0635. The highest BCUT2D eigenvalue weighted by atomic mass is 32.2. The Balaban J connectivity index is 2.81. The van der Waals surface area contributed by atoms with Gasteiger partial charge in [0.25, 0.3) is 0 Å². The third-order valence-corrected chi connectivity index (χ3v) is 2.85. The number of benzene rings is 1. The standard InChI is InChI=1S/C10H9NO2S/c11-7-4-8-14(12,13)9-10-5-2-1-3-6-10/h1-6,8H,9H2. The third-order valence-electron chi connectivity index (χ3n) is 1.56. The van der Waals surface area contributed by atoms with Crippen LogP contribution in [-0.4, -0.2) is 8.42 Å². The van der Waals surface area contributed by atoms with E-state index < -0.39 is 9.84 Å². The topological polar surface area (TPSA) is 57.9 Å². The lowest BCUT2D eigenvalue weighted by molar-refractivity contribution is 0.604. The van der Waals surface area contributed by atoms with Gasteiger partial charge in [0.05, 0.1) is 11.8 Å². The maximum Gasteiger partial charge on any atom is 0.176 e. The molecule has 0 bridgehead atoms. The molecule has 1 aromatic carbocycles. The van der Waals surface area contributed by atoms with Crippen LogP contribution in [0.3, 0.4) is 0 Å².